The Labute approximate surface area is 278 Å². The van der Waals surface area contributed by atoms with Crippen LogP contribution in [0.3, 0.4) is 0 Å². The van der Waals surface area contributed by atoms with Crippen LogP contribution in [-0.4, -0.2) is 47.8 Å². The zero-order chi connectivity index (χ0) is 33.0. The van der Waals surface area contributed by atoms with Crippen LogP contribution in [0.4, 0.5) is 22.0 Å². The molecule has 2 saturated heterocycles. The highest BCUT2D eigenvalue weighted by molar-refractivity contribution is 5.99. The summed E-state index contributed by atoms with van der Waals surface area (Å²) in [6.07, 6.45) is 4.93. The first-order valence-corrected chi connectivity index (χ1v) is 17.1. The van der Waals surface area contributed by atoms with E-state index >= 15 is 0 Å². The summed E-state index contributed by atoms with van der Waals surface area (Å²) < 4.78 is 1.78. The zero-order valence-electron chi connectivity index (χ0n) is 28.2. The van der Waals surface area contributed by atoms with Crippen LogP contribution >= 0.6 is 0 Å². The van der Waals surface area contributed by atoms with Crippen molar-refractivity contribution in [1.29, 1.82) is 0 Å². The average molecular weight is 633 g/mol. The van der Waals surface area contributed by atoms with E-state index in [-0.39, 0.29) is 23.1 Å². The molecule has 0 saturated carbocycles. The van der Waals surface area contributed by atoms with Gasteiger partial charge in [-0.1, -0.05) is 50.6 Å². The average Bonchev–Trinajstić information content (AvgIpc) is 3.76. The molecule has 0 aliphatic carbocycles. The van der Waals surface area contributed by atoms with Crippen LogP contribution in [0.25, 0.3) is 5.69 Å². The second-order valence-corrected chi connectivity index (χ2v) is 14.2. The molecule has 0 spiro atoms. The van der Waals surface area contributed by atoms with Crippen molar-refractivity contribution in [2.45, 2.75) is 71.1 Å². The molecule has 4 aromatic rings. The smallest absolute Gasteiger partial charge is 0.324 e. The maximum Gasteiger partial charge on any atom is 0.324 e. The van der Waals surface area contributed by atoms with E-state index in [0.29, 0.717) is 23.8 Å². The van der Waals surface area contributed by atoms with Crippen molar-refractivity contribution in [1.82, 2.24) is 15.1 Å². The Morgan fingerprint density at radius 3 is 2.26 bits per heavy atom. The summed E-state index contributed by atoms with van der Waals surface area (Å²) in [5, 5.41) is 14.4. The lowest BCUT2D eigenvalue weighted by molar-refractivity contribution is 0.0959. The summed E-state index contributed by atoms with van der Waals surface area (Å²) in [5.41, 5.74) is 6.47. The Hall–Kier alpha value is -4.43. The number of ketones is 1. The van der Waals surface area contributed by atoms with Gasteiger partial charge in [-0.15, -0.1) is 0 Å². The van der Waals surface area contributed by atoms with E-state index in [0.717, 1.165) is 67.1 Å². The molecule has 8 nitrogen and oxygen atoms in total. The quantitative estimate of drug-likeness (QED) is 0.162. The minimum Gasteiger partial charge on any atom is -0.372 e. The second-order valence-electron chi connectivity index (χ2n) is 14.2. The van der Waals surface area contributed by atoms with Crippen molar-refractivity contribution < 1.29 is 9.59 Å². The second kappa shape index (κ2) is 14.1. The predicted octanol–water partition coefficient (Wildman–Crippen LogP) is 8.08. The lowest BCUT2D eigenvalue weighted by atomic mass is 9.77. The van der Waals surface area contributed by atoms with Gasteiger partial charge in [0.05, 0.1) is 11.4 Å². The molecule has 2 aliphatic rings. The summed E-state index contributed by atoms with van der Waals surface area (Å²) in [6.45, 7) is 12.4. The maximum absolute atomic E-state index is 13.7. The first-order valence-electron chi connectivity index (χ1n) is 17.1. The number of anilines is 3. The molecule has 2 fully saturated rings. The number of Topliss-reactive ketones (excluding diaryl/α,β-unsaturated/α-hetero) is 1. The predicted molar refractivity (Wildman–Crippen MR) is 191 cm³/mol. The number of hydrogen-bond donors (Lipinski definition) is 3. The number of urea groups is 1. The fourth-order valence-electron chi connectivity index (χ4n) is 6.80. The van der Waals surface area contributed by atoms with Gasteiger partial charge in [-0.3, -0.25) is 10.1 Å². The van der Waals surface area contributed by atoms with Crippen LogP contribution in [0.5, 0.6) is 0 Å². The van der Waals surface area contributed by atoms with Crippen molar-refractivity contribution >= 4 is 29.0 Å². The topological polar surface area (TPSA) is 91.3 Å². The first kappa shape index (κ1) is 32.5. The highest BCUT2D eigenvalue weighted by atomic mass is 16.2. The van der Waals surface area contributed by atoms with Crippen molar-refractivity contribution in [2.24, 2.45) is 5.92 Å². The highest BCUT2D eigenvalue weighted by Gasteiger charge is 2.28. The van der Waals surface area contributed by atoms with Crippen molar-refractivity contribution in [3.8, 4) is 5.69 Å². The SMILES string of the molecule is Cc1ccc(-n2nc(C(C)(C)C)cc2NC(=O)Nc2cccc(C(CC(=O)c3ccc(N4CCCC4)cc3)C3CCNCC3)c2)cc1. The van der Waals surface area contributed by atoms with E-state index in [2.05, 4.69) is 59.8 Å². The number of benzene rings is 3. The standard InChI is InChI=1S/C39H48N6O2/c1-27-10-14-33(15-11-27)45-37(26-36(43-45)39(2,3)4)42-38(47)41-31-9-7-8-30(24-31)34(28-18-20-40-21-19-28)25-35(46)29-12-16-32(17-13-29)44-22-5-6-23-44/h7-17,24,26,28,34,40H,5-6,18-23,25H2,1-4H3,(H2,41,42,47). The van der Waals surface area contributed by atoms with Gasteiger partial charge in [-0.25, -0.2) is 9.48 Å². The van der Waals surface area contributed by atoms with Gasteiger partial charge in [0.1, 0.15) is 5.82 Å². The lowest BCUT2D eigenvalue weighted by Crippen LogP contribution is -2.31. The molecule has 2 amide bonds. The van der Waals surface area contributed by atoms with Gasteiger partial charge in [-0.05, 0) is 112 Å². The molecule has 246 valence electrons. The third-order valence-corrected chi connectivity index (χ3v) is 9.59. The lowest BCUT2D eigenvalue weighted by Gasteiger charge is -2.31. The molecule has 3 N–H and O–H groups in total. The molecule has 0 bridgehead atoms. The zero-order valence-corrected chi connectivity index (χ0v) is 28.2. The normalized spacial score (nSPS) is 16.2. The van der Waals surface area contributed by atoms with Gasteiger partial charge in [0, 0.05) is 47.9 Å². The van der Waals surface area contributed by atoms with Crippen LogP contribution < -0.4 is 20.9 Å². The van der Waals surface area contributed by atoms with Crippen LogP contribution in [0.1, 0.15) is 86.0 Å². The van der Waals surface area contributed by atoms with Gasteiger partial charge in [0.25, 0.3) is 0 Å². The van der Waals surface area contributed by atoms with Gasteiger partial charge in [0.15, 0.2) is 5.78 Å². The molecule has 1 unspecified atom stereocenters. The number of aryl methyl sites for hydroxylation is 1. The molecule has 0 radical (unpaired) electrons. The summed E-state index contributed by atoms with van der Waals surface area (Å²) in [7, 11) is 0. The third-order valence-electron chi connectivity index (χ3n) is 9.59. The molecule has 8 heteroatoms. The minimum atomic E-state index is -0.344. The fourth-order valence-corrected chi connectivity index (χ4v) is 6.80. The number of aromatic nitrogens is 2. The summed E-state index contributed by atoms with van der Waals surface area (Å²) in [6, 6.07) is 25.9. The van der Waals surface area contributed by atoms with E-state index in [1.54, 1.807) is 4.68 Å². The van der Waals surface area contributed by atoms with Gasteiger partial charge < -0.3 is 15.5 Å². The largest absolute Gasteiger partial charge is 0.372 e. The molecule has 47 heavy (non-hydrogen) atoms. The van der Waals surface area contributed by atoms with Crippen molar-refractivity contribution in [2.75, 3.05) is 41.7 Å². The molecule has 1 atom stereocenters. The number of amides is 2. The fraction of sp³-hybridized carbons (Fsp3) is 0.410. The Kier molecular flexibility index (Phi) is 9.78. The van der Waals surface area contributed by atoms with Crippen LogP contribution in [0, 0.1) is 12.8 Å². The summed E-state index contributed by atoms with van der Waals surface area (Å²) in [4.78, 5) is 29.5. The molecular formula is C39H48N6O2. The van der Waals surface area contributed by atoms with Crippen LogP contribution in [0.15, 0.2) is 78.9 Å². The number of nitrogens with one attached hydrogen (secondary N) is 3. The Morgan fingerprint density at radius 2 is 1.57 bits per heavy atom. The number of piperidine rings is 1. The minimum absolute atomic E-state index is 0.0602. The van der Waals surface area contributed by atoms with E-state index in [1.807, 2.05) is 67.6 Å². The van der Waals surface area contributed by atoms with Crippen molar-refractivity contribution in [3.05, 3.63) is 101 Å². The monoisotopic (exact) mass is 632 g/mol. The molecule has 3 aromatic carbocycles. The third kappa shape index (κ3) is 7.93. The number of carbonyl (C=O) groups excluding carboxylic acids is 2. The van der Waals surface area contributed by atoms with Crippen molar-refractivity contribution in [3.63, 3.8) is 0 Å². The van der Waals surface area contributed by atoms with Crippen LogP contribution in [0.2, 0.25) is 0 Å². The number of carbonyl (C=O) groups is 2. The van der Waals surface area contributed by atoms with E-state index < -0.39 is 0 Å². The Morgan fingerprint density at radius 1 is 0.894 bits per heavy atom. The van der Waals surface area contributed by atoms with Crippen LogP contribution in [-0.2, 0) is 5.41 Å². The maximum atomic E-state index is 13.7. The molecule has 1 aromatic heterocycles. The van der Waals surface area contributed by atoms with E-state index in [9.17, 15) is 9.59 Å². The number of nitrogens with zero attached hydrogens (tertiary/aromatic N) is 3. The van der Waals surface area contributed by atoms with Gasteiger partial charge in [-0.2, -0.15) is 5.10 Å². The number of hydrogen-bond acceptors (Lipinski definition) is 5. The van der Waals surface area contributed by atoms with E-state index in [4.69, 9.17) is 5.10 Å². The molecular weight excluding hydrogens is 584 g/mol. The summed E-state index contributed by atoms with van der Waals surface area (Å²) >= 11 is 0. The Bertz CT molecular complexity index is 1670. The van der Waals surface area contributed by atoms with E-state index in [1.165, 1.54) is 18.5 Å². The molecule has 2 aliphatic heterocycles. The summed E-state index contributed by atoms with van der Waals surface area (Å²) in [5.74, 6) is 1.20. The van der Waals surface area contributed by atoms with Gasteiger partial charge >= 0.3 is 6.03 Å². The first-order chi connectivity index (χ1) is 22.6. The van der Waals surface area contributed by atoms with Gasteiger partial charge in [0.2, 0.25) is 0 Å². The highest BCUT2D eigenvalue weighted by Crippen LogP contribution is 2.36. The molecule has 6 rings (SSSR count). The molecule has 3 heterocycles. The number of rotatable bonds is 9. The Balaban J connectivity index is 1.19.